The van der Waals surface area contributed by atoms with Gasteiger partial charge in [0.2, 0.25) is 0 Å². The molecule has 0 aliphatic rings. The van der Waals surface area contributed by atoms with E-state index in [1.165, 1.54) is 6.26 Å². The molecule has 0 heterocycles. The smallest absolute Gasteiger partial charge is 0.342 e. The number of carbonyl (C=O) groups excluding carboxylic acids is 1. The third kappa shape index (κ3) is 4.30. The van der Waals surface area contributed by atoms with Gasteiger partial charge in [-0.15, -0.1) is 0 Å². The fraction of sp³-hybridized carbons (Fsp3) is 0.357. The Balaban J connectivity index is 2.40. The molecule has 16 heavy (non-hydrogen) atoms. The van der Waals surface area contributed by atoms with E-state index in [9.17, 15) is 4.79 Å². The van der Waals surface area contributed by atoms with Crippen molar-refractivity contribution in [3.63, 3.8) is 0 Å². The topological polar surface area (TPSA) is 26.3 Å². The summed E-state index contributed by atoms with van der Waals surface area (Å²) in [5.74, 6) is -0.298. The summed E-state index contributed by atoms with van der Waals surface area (Å²) in [7, 11) is 0. The second-order valence-electron chi connectivity index (χ2n) is 3.79. The van der Waals surface area contributed by atoms with Crippen LogP contribution in [0.3, 0.4) is 0 Å². The number of esters is 1. The average molecular weight is 218 g/mol. The number of allylic oxidation sites excluding steroid dienone is 1. The number of rotatable bonds is 5. The van der Waals surface area contributed by atoms with Gasteiger partial charge in [0.25, 0.3) is 0 Å². The molecule has 0 saturated heterocycles. The molecule has 0 spiro atoms. The van der Waals surface area contributed by atoms with Gasteiger partial charge in [-0.2, -0.15) is 0 Å². The predicted octanol–water partition coefficient (Wildman–Crippen LogP) is 3.86. The van der Waals surface area contributed by atoms with E-state index < -0.39 is 0 Å². The van der Waals surface area contributed by atoms with Gasteiger partial charge in [0.15, 0.2) is 0 Å². The van der Waals surface area contributed by atoms with Gasteiger partial charge in [-0.25, -0.2) is 4.79 Å². The number of unbranched alkanes of at least 4 members (excludes halogenated alkanes) is 2. The van der Waals surface area contributed by atoms with Crippen LogP contribution in [-0.4, -0.2) is 5.97 Å². The molecule has 86 valence electrons. The molecule has 0 aliphatic heterocycles. The third-order valence-electron chi connectivity index (χ3n) is 2.28. The maximum absolute atomic E-state index is 11.5. The van der Waals surface area contributed by atoms with E-state index in [0.29, 0.717) is 5.56 Å². The Labute approximate surface area is 96.9 Å². The summed E-state index contributed by atoms with van der Waals surface area (Å²) < 4.78 is 5.00. The van der Waals surface area contributed by atoms with E-state index in [1.807, 2.05) is 25.1 Å². The van der Waals surface area contributed by atoms with Crippen molar-refractivity contribution in [2.24, 2.45) is 0 Å². The van der Waals surface area contributed by atoms with E-state index in [1.54, 1.807) is 12.1 Å². The summed E-state index contributed by atoms with van der Waals surface area (Å²) in [5, 5.41) is 0. The van der Waals surface area contributed by atoms with Crippen LogP contribution in [-0.2, 0) is 4.74 Å². The molecule has 0 aromatic heterocycles. The summed E-state index contributed by atoms with van der Waals surface area (Å²) in [6.45, 7) is 4.12. The largest absolute Gasteiger partial charge is 0.431 e. The molecular formula is C14H18O2. The van der Waals surface area contributed by atoms with Crippen LogP contribution in [0.15, 0.2) is 36.6 Å². The molecular weight excluding hydrogens is 200 g/mol. The van der Waals surface area contributed by atoms with E-state index in [2.05, 4.69) is 6.92 Å². The first kappa shape index (κ1) is 12.5. The number of hydrogen-bond acceptors (Lipinski definition) is 2. The zero-order valence-electron chi connectivity index (χ0n) is 9.90. The molecule has 1 aromatic rings. The first-order valence-corrected chi connectivity index (χ1v) is 5.66. The minimum Gasteiger partial charge on any atom is -0.431 e. The van der Waals surface area contributed by atoms with Gasteiger partial charge < -0.3 is 4.74 Å². The normalized spacial score (nSPS) is 10.6. The lowest BCUT2D eigenvalue weighted by Gasteiger charge is -1.99. The van der Waals surface area contributed by atoms with Crippen molar-refractivity contribution in [3.05, 3.63) is 47.7 Å². The summed E-state index contributed by atoms with van der Waals surface area (Å²) in [5.41, 5.74) is 1.72. The maximum Gasteiger partial charge on any atom is 0.342 e. The molecule has 1 aromatic carbocycles. The summed E-state index contributed by atoms with van der Waals surface area (Å²) >= 11 is 0. The first-order chi connectivity index (χ1) is 7.74. The number of aryl methyl sites for hydroxylation is 1. The number of benzene rings is 1. The minimum absolute atomic E-state index is 0.298. The van der Waals surface area contributed by atoms with E-state index >= 15 is 0 Å². The second kappa shape index (κ2) is 6.83. The standard InChI is InChI=1S/C14H18O2/c1-3-4-5-6-11-16-14(15)13-9-7-12(2)8-10-13/h6-11H,3-5H2,1-2H3/b11-6+. The highest BCUT2D eigenvalue weighted by molar-refractivity contribution is 5.89. The van der Waals surface area contributed by atoms with Crippen molar-refractivity contribution in [1.29, 1.82) is 0 Å². The van der Waals surface area contributed by atoms with Crippen molar-refractivity contribution < 1.29 is 9.53 Å². The van der Waals surface area contributed by atoms with Crippen molar-refractivity contribution >= 4 is 5.97 Å². The van der Waals surface area contributed by atoms with Gasteiger partial charge in [-0.3, -0.25) is 0 Å². The van der Waals surface area contributed by atoms with Gasteiger partial charge >= 0.3 is 5.97 Å². The summed E-state index contributed by atoms with van der Waals surface area (Å²) in [6, 6.07) is 7.35. The molecule has 0 radical (unpaired) electrons. The van der Waals surface area contributed by atoms with Crippen LogP contribution in [0.1, 0.15) is 42.1 Å². The quantitative estimate of drug-likeness (QED) is 0.426. The Morgan fingerprint density at radius 2 is 2.00 bits per heavy atom. The van der Waals surface area contributed by atoms with E-state index in [-0.39, 0.29) is 5.97 Å². The second-order valence-corrected chi connectivity index (χ2v) is 3.79. The molecule has 0 fully saturated rings. The number of carbonyl (C=O) groups is 1. The molecule has 0 unspecified atom stereocenters. The highest BCUT2D eigenvalue weighted by atomic mass is 16.5. The van der Waals surface area contributed by atoms with Crippen LogP contribution < -0.4 is 0 Å². The van der Waals surface area contributed by atoms with Crippen LogP contribution >= 0.6 is 0 Å². The molecule has 1 rings (SSSR count). The van der Waals surface area contributed by atoms with Gasteiger partial charge in [0, 0.05) is 0 Å². The lowest BCUT2D eigenvalue weighted by atomic mass is 10.1. The molecule has 0 aliphatic carbocycles. The van der Waals surface area contributed by atoms with Crippen LogP contribution in [0.5, 0.6) is 0 Å². The van der Waals surface area contributed by atoms with Gasteiger partial charge in [-0.1, -0.05) is 31.0 Å². The molecule has 0 N–H and O–H groups in total. The Hall–Kier alpha value is -1.57. The fourth-order valence-electron chi connectivity index (χ4n) is 1.26. The maximum atomic E-state index is 11.5. The van der Waals surface area contributed by atoms with Crippen molar-refractivity contribution in [2.45, 2.75) is 33.1 Å². The molecule has 2 heteroatoms. The van der Waals surface area contributed by atoms with Crippen LogP contribution in [0, 0.1) is 6.92 Å². The zero-order chi connectivity index (χ0) is 11.8. The van der Waals surface area contributed by atoms with Gasteiger partial charge in [0.1, 0.15) is 0 Å². The van der Waals surface area contributed by atoms with Crippen molar-refractivity contribution in [3.8, 4) is 0 Å². The van der Waals surface area contributed by atoms with Crippen LogP contribution in [0.4, 0.5) is 0 Å². The Bertz CT molecular complexity index is 350. The molecule has 0 saturated carbocycles. The van der Waals surface area contributed by atoms with Crippen molar-refractivity contribution in [2.75, 3.05) is 0 Å². The van der Waals surface area contributed by atoms with E-state index in [4.69, 9.17) is 4.74 Å². The highest BCUT2D eigenvalue weighted by Crippen LogP contribution is 2.05. The third-order valence-corrected chi connectivity index (χ3v) is 2.28. The van der Waals surface area contributed by atoms with Crippen LogP contribution in [0.25, 0.3) is 0 Å². The van der Waals surface area contributed by atoms with Gasteiger partial charge in [-0.05, 0) is 38.0 Å². The summed E-state index contributed by atoms with van der Waals surface area (Å²) in [6.07, 6.45) is 6.60. The lowest BCUT2D eigenvalue weighted by Crippen LogP contribution is -1.99. The predicted molar refractivity (Wildman–Crippen MR) is 65.3 cm³/mol. The molecule has 0 amide bonds. The van der Waals surface area contributed by atoms with Gasteiger partial charge in [0.05, 0.1) is 11.8 Å². The highest BCUT2D eigenvalue weighted by Gasteiger charge is 2.03. The van der Waals surface area contributed by atoms with Crippen LogP contribution in [0.2, 0.25) is 0 Å². The molecule has 2 nitrogen and oxygen atoms in total. The van der Waals surface area contributed by atoms with Crippen molar-refractivity contribution in [1.82, 2.24) is 0 Å². The molecule has 0 bridgehead atoms. The Morgan fingerprint density at radius 3 is 2.62 bits per heavy atom. The number of ether oxygens (including phenoxy) is 1. The first-order valence-electron chi connectivity index (χ1n) is 5.66. The monoisotopic (exact) mass is 218 g/mol. The SMILES string of the molecule is CCCC/C=C/OC(=O)c1ccc(C)cc1. The molecule has 0 atom stereocenters. The Kier molecular flexibility index (Phi) is 5.34. The fourth-order valence-corrected chi connectivity index (χ4v) is 1.26. The Morgan fingerprint density at radius 1 is 1.31 bits per heavy atom. The lowest BCUT2D eigenvalue weighted by molar-refractivity contribution is 0.0662. The minimum atomic E-state index is -0.298. The number of hydrogen-bond donors (Lipinski definition) is 0. The zero-order valence-corrected chi connectivity index (χ0v) is 9.90. The average Bonchev–Trinajstić information content (AvgIpc) is 2.29. The summed E-state index contributed by atoms with van der Waals surface area (Å²) in [4.78, 5) is 11.5. The van der Waals surface area contributed by atoms with E-state index in [0.717, 1.165) is 24.8 Å².